The summed E-state index contributed by atoms with van der Waals surface area (Å²) in [6.07, 6.45) is 11.4. The maximum absolute atomic E-state index is 12.2. The van der Waals surface area contributed by atoms with Crippen LogP contribution in [0.15, 0.2) is 22.3 Å². The lowest BCUT2D eigenvalue weighted by Gasteiger charge is -2.20. The lowest BCUT2D eigenvalue weighted by atomic mass is 9.86. The number of rotatable bonds is 7. The second kappa shape index (κ2) is 7.99. The first-order valence-corrected chi connectivity index (χ1v) is 9.53. The highest BCUT2D eigenvalue weighted by molar-refractivity contribution is 8.00. The summed E-state index contributed by atoms with van der Waals surface area (Å²) in [6, 6.07) is 0. The molecule has 2 heterocycles. The first kappa shape index (κ1) is 16.6. The first-order valence-electron chi connectivity index (χ1n) is 8.65. The van der Waals surface area contributed by atoms with Crippen LogP contribution in [-0.4, -0.2) is 39.3 Å². The monoisotopic (exact) mass is 335 g/mol. The summed E-state index contributed by atoms with van der Waals surface area (Å²) in [7, 11) is 0. The van der Waals surface area contributed by atoms with Gasteiger partial charge in [0.05, 0.1) is 5.25 Å². The molecule has 1 amide bonds. The van der Waals surface area contributed by atoms with Crippen LogP contribution in [0.2, 0.25) is 0 Å². The Morgan fingerprint density at radius 1 is 1.26 bits per heavy atom. The maximum atomic E-state index is 12.2. The molecule has 0 spiro atoms. The zero-order valence-electron chi connectivity index (χ0n) is 13.6. The summed E-state index contributed by atoms with van der Waals surface area (Å²) in [4.78, 5) is 14.0. The van der Waals surface area contributed by atoms with E-state index in [0.717, 1.165) is 31.7 Å². The highest BCUT2D eigenvalue weighted by atomic mass is 32.2. The Morgan fingerprint density at radius 2 is 2.09 bits per heavy atom. The number of carbonyl (C=O) groups excluding carboxylic acids is 1. The lowest BCUT2D eigenvalue weighted by molar-refractivity contribution is -0.126. The second-order valence-corrected chi connectivity index (χ2v) is 7.63. The van der Waals surface area contributed by atoms with E-state index in [4.69, 9.17) is 4.42 Å². The minimum atomic E-state index is -0.0957. The van der Waals surface area contributed by atoms with Gasteiger partial charge in [0, 0.05) is 19.5 Å². The summed E-state index contributed by atoms with van der Waals surface area (Å²) in [5.41, 5.74) is 0. The van der Waals surface area contributed by atoms with Crippen LogP contribution < -0.4 is 0 Å². The van der Waals surface area contributed by atoms with Crippen LogP contribution >= 0.6 is 11.8 Å². The fourth-order valence-corrected chi connectivity index (χ4v) is 4.42. The molecule has 2 aliphatic rings. The Kier molecular flexibility index (Phi) is 5.75. The summed E-state index contributed by atoms with van der Waals surface area (Å²) >= 11 is 1.41. The van der Waals surface area contributed by atoms with Crippen LogP contribution in [0.5, 0.6) is 0 Å². The molecular formula is C17H25N3O2S. The number of hydrogen-bond donors (Lipinski definition) is 0. The van der Waals surface area contributed by atoms with Crippen LogP contribution in [0.1, 0.15) is 50.8 Å². The number of carbonyl (C=O) groups is 1. The number of amides is 1. The van der Waals surface area contributed by atoms with Gasteiger partial charge in [0.15, 0.2) is 0 Å². The Labute approximate surface area is 141 Å². The Balaban J connectivity index is 1.47. The molecule has 0 aromatic carbocycles. The maximum Gasteiger partial charge on any atom is 0.277 e. The molecule has 0 bridgehead atoms. The molecule has 1 aliphatic heterocycles. The van der Waals surface area contributed by atoms with Crippen molar-refractivity contribution in [3.05, 3.63) is 18.5 Å². The SMILES string of the molecule is C=CCN1CC[C@H](Sc2nnc(CCC3CCCCC3)o2)C1=O. The van der Waals surface area contributed by atoms with E-state index in [1.165, 1.54) is 43.9 Å². The molecule has 1 aromatic rings. The van der Waals surface area contributed by atoms with E-state index in [1.54, 1.807) is 6.08 Å². The fraction of sp³-hybridized carbons (Fsp3) is 0.706. The minimum Gasteiger partial charge on any atom is -0.416 e. The third kappa shape index (κ3) is 4.37. The summed E-state index contributed by atoms with van der Waals surface area (Å²) in [5.74, 6) is 1.68. The molecule has 1 aliphatic carbocycles. The van der Waals surface area contributed by atoms with Gasteiger partial charge in [0.1, 0.15) is 0 Å². The molecule has 1 saturated carbocycles. The van der Waals surface area contributed by atoms with Crippen LogP contribution in [0.4, 0.5) is 0 Å². The van der Waals surface area contributed by atoms with Gasteiger partial charge >= 0.3 is 0 Å². The average molecular weight is 335 g/mol. The van der Waals surface area contributed by atoms with Gasteiger partial charge in [-0.1, -0.05) is 49.9 Å². The number of aryl methyl sites for hydroxylation is 1. The van der Waals surface area contributed by atoms with Gasteiger partial charge in [-0.15, -0.1) is 16.8 Å². The number of thioether (sulfide) groups is 1. The first-order chi connectivity index (χ1) is 11.3. The van der Waals surface area contributed by atoms with E-state index in [9.17, 15) is 4.79 Å². The largest absolute Gasteiger partial charge is 0.416 e. The van der Waals surface area contributed by atoms with Crippen LogP contribution in [-0.2, 0) is 11.2 Å². The average Bonchev–Trinajstić information content (AvgIpc) is 3.16. The van der Waals surface area contributed by atoms with Crippen LogP contribution in [0, 0.1) is 5.92 Å². The molecule has 1 aromatic heterocycles. The second-order valence-electron chi connectivity index (χ2n) is 6.47. The third-order valence-electron chi connectivity index (χ3n) is 4.78. The van der Waals surface area contributed by atoms with Crippen molar-refractivity contribution in [2.75, 3.05) is 13.1 Å². The third-order valence-corrected chi connectivity index (χ3v) is 5.87. The van der Waals surface area contributed by atoms with E-state index in [0.29, 0.717) is 17.7 Å². The molecule has 6 heteroatoms. The highest BCUT2D eigenvalue weighted by Gasteiger charge is 2.33. The molecule has 5 nitrogen and oxygen atoms in total. The Morgan fingerprint density at radius 3 is 2.87 bits per heavy atom. The quantitative estimate of drug-likeness (QED) is 0.714. The smallest absolute Gasteiger partial charge is 0.277 e. The molecule has 2 fully saturated rings. The fourth-order valence-electron chi connectivity index (χ4n) is 3.47. The lowest BCUT2D eigenvalue weighted by Crippen LogP contribution is -2.28. The number of likely N-dealkylation sites (tertiary alicyclic amines) is 1. The number of aromatic nitrogens is 2. The summed E-state index contributed by atoms with van der Waals surface area (Å²) in [6.45, 7) is 5.09. The van der Waals surface area contributed by atoms with Crippen molar-refractivity contribution in [3.8, 4) is 0 Å². The number of hydrogen-bond acceptors (Lipinski definition) is 5. The summed E-state index contributed by atoms with van der Waals surface area (Å²) < 4.78 is 5.73. The van der Waals surface area contributed by atoms with Gasteiger partial charge in [-0.3, -0.25) is 4.79 Å². The zero-order valence-corrected chi connectivity index (χ0v) is 14.4. The van der Waals surface area contributed by atoms with E-state index in [1.807, 2.05) is 4.90 Å². The van der Waals surface area contributed by atoms with Crippen molar-refractivity contribution in [1.29, 1.82) is 0 Å². The van der Waals surface area contributed by atoms with Crippen molar-refractivity contribution in [1.82, 2.24) is 15.1 Å². The predicted octanol–water partition coefficient (Wildman–Crippen LogP) is 3.46. The molecule has 126 valence electrons. The minimum absolute atomic E-state index is 0.0957. The standard InChI is InChI=1S/C17H25N3O2S/c1-2-11-20-12-10-14(16(20)21)23-17-19-18-15(22-17)9-8-13-6-4-3-5-7-13/h2,13-14H,1,3-12H2/t14-/m0/s1. The van der Waals surface area contributed by atoms with Gasteiger partial charge in [-0.25, -0.2) is 0 Å². The molecule has 1 saturated heterocycles. The number of nitrogens with zero attached hydrogens (tertiary/aromatic N) is 3. The molecule has 1 atom stereocenters. The topological polar surface area (TPSA) is 59.2 Å². The summed E-state index contributed by atoms with van der Waals surface area (Å²) in [5, 5.41) is 8.68. The van der Waals surface area contributed by atoms with Crippen molar-refractivity contribution >= 4 is 17.7 Å². The molecule has 3 rings (SSSR count). The predicted molar refractivity (Wildman–Crippen MR) is 90.2 cm³/mol. The molecule has 0 unspecified atom stereocenters. The van der Waals surface area contributed by atoms with Crippen LogP contribution in [0.25, 0.3) is 0 Å². The van der Waals surface area contributed by atoms with Gasteiger partial charge in [0.25, 0.3) is 5.22 Å². The van der Waals surface area contributed by atoms with Crippen molar-refractivity contribution < 1.29 is 9.21 Å². The van der Waals surface area contributed by atoms with Gasteiger partial charge in [-0.2, -0.15) is 0 Å². The Hall–Kier alpha value is -1.30. The normalized spacial score (nSPS) is 22.7. The van der Waals surface area contributed by atoms with E-state index >= 15 is 0 Å². The van der Waals surface area contributed by atoms with Gasteiger partial charge < -0.3 is 9.32 Å². The highest BCUT2D eigenvalue weighted by Crippen LogP contribution is 2.31. The van der Waals surface area contributed by atoms with E-state index in [-0.39, 0.29) is 11.2 Å². The Bertz CT molecular complexity index is 540. The van der Waals surface area contributed by atoms with Crippen molar-refractivity contribution in [3.63, 3.8) is 0 Å². The molecular weight excluding hydrogens is 310 g/mol. The van der Waals surface area contributed by atoms with E-state index in [2.05, 4.69) is 16.8 Å². The van der Waals surface area contributed by atoms with Gasteiger partial charge in [-0.05, 0) is 18.8 Å². The van der Waals surface area contributed by atoms with Crippen molar-refractivity contribution in [2.45, 2.75) is 61.8 Å². The zero-order chi connectivity index (χ0) is 16.1. The van der Waals surface area contributed by atoms with Crippen molar-refractivity contribution in [2.24, 2.45) is 5.92 Å². The van der Waals surface area contributed by atoms with Crippen LogP contribution in [0.3, 0.4) is 0 Å². The van der Waals surface area contributed by atoms with E-state index < -0.39 is 0 Å². The molecule has 0 N–H and O–H groups in total. The molecule has 23 heavy (non-hydrogen) atoms. The van der Waals surface area contributed by atoms with Gasteiger partial charge in [0.2, 0.25) is 11.8 Å². The molecule has 0 radical (unpaired) electrons.